The van der Waals surface area contributed by atoms with Crippen LogP contribution in [0.2, 0.25) is 0 Å². The van der Waals surface area contributed by atoms with E-state index in [2.05, 4.69) is 25.7 Å². The van der Waals surface area contributed by atoms with Gasteiger partial charge in [-0.25, -0.2) is 0 Å². The number of nitrogens with zero attached hydrogens (tertiary/aromatic N) is 3. The lowest BCUT2D eigenvalue weighted by Gasteiger charge is -1.94. The SMILES string of the molecule is CNCCCc1nnc(-c2cn[nH]c2C)o1. The Bertz CT molecular complexity index is 448. The Labute approximate surface area is 93.5 Å². The minimum Gasteiger partial charge on any atom is -0.421 e. The number of hydrogen-bond donors (Lipinski definition) is 2. The summed E-state index contributed by atoms with van der Waals surface area (Å²) in [6, 6.07) is 0. The van der Waals surface area contributed by atoms with Gasteiger partial charge >= 0.3 is 0 Å². The summed E-state index contributed by atoms with van der Waals surface area (Å²) < 4.78 is 5.55. The van der Waals surface area contributed by atoms with Gasteiger partial charge in [0.15, 0.2) is 0 Å². The van der Waals surface area contributed by atoms with Crippen LogP contribution in [-0.4, -0.2) is 34.0 Å². The molecule has 6 heteroatoms. The van der Waals surface area contributed by atoms with Crippen LogP contribution in [0, 0.1) is 6.92 Å². The first-order valence-corrected chi connectivity index (χ1v) is 5.28. The number of H-pyrrole nitrogens is 1. The molecule has 0 radical (unpaired) electrons. The molecule has 0 aliphatic carbocycles. The van der Waals surface area contributed by atoms with E-state index in [-0.39, 0.29) is 0 Å². The van der Waals surface area contributed by atoms with Crippen molar-refractivity contribution in [1.82, 2.24) is 25.7 Å². The molecule has 2 rings (SSSR count). The number of hydrogen-bond acceptors (Lipinski definition) is 5. The smallest absolute Gasteiger partial charge is 0.251 e. The summed E-state index contributed by atoms with van der Waals surface area (Å²) in [5.74, 6) is 1.21. The molecule has 0 fully saturated rings. The van der Waals surface area contributed by atoms with Crippen molar-refractivity contribution in [2.24, 2.45) is 0 Å². The summed E-state index contributed by atoms with van der Waals surface area (Å²) in [5.41, 5.74) is 1.80. The van der Waals surface area contributed by atoms with Gasteiger partial charge in [0, 0.05) is 12.1 Å². The van der Waals surface area contributed by atoms with Crippen LogP contribution in [0.1, 0.15) is 18.0 Å². The highest BCUT2D eigenvalue weighted by Gasteiger charge is 2.11. The van der Waals surface area contributed by atoms with Crippen molar-refractivity contribution in [3.05, 3.63) is 17.8 Å². The monoisotopic (exact) mass is 221 g/mol. The van der Waals surface area contributed by atoms with E-state index < -0.39 is 0 Å². The standard InChI is InChI=1S/C10H15N5O/c1-7-8(6-12-13-7)10-15-14-9(16-10)4-3-5-11-2/h6,11H,3-5H2,1-2H3,(H,12,13). The van der Waals surface area contributed by atoms with Crippen LogP contribution in [0.5, 0.6) is 0 Å². The Kier molecular flexibility index (Phi) is 3.31. The molecule has 16 heavy (non-hydrogen) atoms. The van der Waals surface area contributed by atoms with Gasteiger partial charge in [0.2, 0.25) is 5.89 Å². The summed E-state index contributed by atoms with van der Waals surface area (Å²) in [6.07, 6.45) is 3.48. The first kappa shape index (κ1) is 10.8. The highest BCUT2D eigenvalue weighted by atomic mass is 16.4. The third kappa shape index (κ3) is 2.27. The van der Waals surface area contributed by atoms with Crippen LogP contribution in [0.4, 0.5) is 0 Å². The van der Waals surface area contributed by atoms with E-state index in [1.54, 1.807) is 6.20 Å². The minimum absolute atomic E-state index is 0.533. The van der Waals surface area contributed by atoms with Gasteiger partial charge in [-0.1, -0.05) is 0 Å². The van der Waals surface area contributed by atoms with Gasteiger partial charge in [-0.15, -0.1) is 10.2 Å². The molecular formula is C10H15N5O. The second kappa shape index (κ2) is 4.89. The zero-order valence-electron chi connectivity index (χ0n) is 9.45. The van der Waals surface area contributed by atoms with Crippen LogP contribution < -0.4 is 5.32 Å². The maximum atomic E-state index is 5.55. The van der Waals surface area contributed by atoms with Gasteiger partial charge in [-0.3, -0.25) is 5.10 Å². The summed E-state index contributed by atoms with van der Waals surface area (Å²) in [6.45, 7) is 2.87. The zero-order valence-corrected chi connectivity index (χ0v) is 9.45. The maximum absolute atomic E-state index is 5.55. The van der Waals surface area contributed by atoms with Gasteiger partial charge in [0.05, 0.1) is 11.8 Å². The second-order valence-electron chi connectivity index (χ2n) is 3.62. The van der Waals surface area contributed by atoms with Crippen molar-refractivity contribution >= 4 is 0 Å². The Morgan fingerprint density at radius 1 is 1.44 bits per heavy atom. The number of aromatic nitrogens is 4. The van der Waals surface area contributed by atoms with E-state index in [9.17, 15) is 0 Å². The lowest BCUT2D eigenvalue weighted by Crippen LogP contribution is -2.08. The fourth-order valence-corrected chi connectivity index (χ4v) is 1.45. The summed E-state index contributed by atoms with van der Waals surface area (Å²) in [5, 5.41) is 17.8. The molecule has 0 atom stereocenters. The van der Waals surface area contributed by atoms with Gasteiger partial charge in [-0.05, 0) is 26.9 Å². The molecular weight excluding hydrogens is 206 g/mol. The van der Waals surface area contributed by atoms with E-state index in [0.29, 0.717) is 11.8 Å². The van der Waals surface area contributed by atoms with Crippen molar-refractivity contribution in [2.75, 3.05) is 13.6 Å². The second-order valence-corrected chi connectivity index (χ2v) is 3.62. The predicted octanol–water partition coefficient (Wildman–Crippen LogP) is 0.920. The van der Waals surface area contributed by atoms with Crippen molar-refractivity contribution in [1.29, 1.82) is 0 Å². The van der Waals surface area contributed by atoms with Gasteiger partial charge in [-0.2, -0.15) is 5.10 Å². The maximum Gasteiger partial charge on any atom is 0.251 e. The molecule has 0 saturated carbocycles. The molecule has 2 heterocycles. The van der Waals surface area contributed by atoms with E-state index in [1.165, 1.54) is 0 Å². The van der Waals surface area contributed by atoms with Crippen LogP contribution in [-0.2, 0) is 6.42 Å². The summed E-state index contributed by atoms with van der Waals surface area (Å²) >= 11 is 0. The highest BCUT2D eigenvalue weighted by Crippen LogP contribution is 2.19. The number of nitrogens with one attached hydrogen (secondary N) is 2. The van der Waals surface area contributed by atoms with Crippen molar-refractivity contribution in [2.45, 2.75) is 19.8 Å². The molecule has 2 aromatic rings. The summed E-state index contributed by atoms with van der Waals surface area (Å²) in [7, 11) is 1.92. The third-order valence-electron chi connectivity index (χ3n) is 2.34. The van der Waals surface area contributed by atoms with Crippen LogP contribution >= 0.6 is 0 Å². The van der Waals surface area contributed by atoms with Crippen LogP contribution in [0.25, 0.3) is 11.5 Å². The molecule has 2 N–H and O–H groups in total. The lowest BCUT2D eigenvalue weighted by molar-refractivity contribution is 0.494. The third-order valence-corrected chi connectivity index (χ3v) is 2.34. The quantitative estimate of drug-likeness (QED) is 0.734. The Morgan fingerprint density at radius 2 is 2.31 bits per heavy atom. The zero-order chi connectivity index (χ0) is 11.4. The lowest BCUT2D eigenvalue weighted by atomic mass is 10.3. The topological polar surface area (TPSA) is 79.6 Å². The molecule has 0 aromatic carbocycles. The van der Waals surface area contributed by atoms with E-state index in [1.807, 2.05) is 14.0 Å². The molecule has 0 unspecified atom stereocenters. The minimum atomic E-state index is 0.533. The van der Waals surface area contributed by atoms with Crippen molar-refractivity contribution < 1.29 is 4.42 Å². The summed E-state index contributed by atoms with van der Waals surface area (Å²) in [4.78, 5) is 0. The largest absolute Gasteiger partial charge is 0.421 e. The molecule has 0 amide bonds. The molecule has 86 valence electrons. The van der Waals surface area contributed by atoms with Gasteiger partial charge < -0.3 is 9.73 Å². The van der Waals surface area contributed by atoms with E-state index in [4.69, 9.17) is 4.42 Å². The number of rotatable bonds is 5. The highest BCUT2D eigenvalue weighted by molar-refractivity contribution is 5.53. The Balaban J connectivity index is 2.05. The molecule has 6 nitrogen and oxygen atoms in total. The normalized spacial score (nSPS) is 10.9. The van der Waals surface area contributed by atoms with Crippen LogP contribution in [0.15, 0.2) is 10.6 Å². The molecule has 0 saturated heterocycles. The molecule has 2 aromatic heterocycles. The molecule has 0 aliphatic heterocycles. The van der Waals surface area contributed by atoms with Gasteiger partial charge in [0.25, 0.3) is 5.89 Å². The van der Waals surface area contributed by atoms with Crippen molar-refractivity contribution in [3.8, 4) is 11.5 Å². The fourth-order valence-electron chi connectivity index (χ4n) is 1.45. The fraction of sp³-hybridized carbons (Fsp3) is 0.500. The van der Waals surface area contributed by atoms with E-state index >= 15 is 0 Å². The molecule has 0 aliphatic rings. The Morgan fingerprint density at radius 3 is 3.00 bits per heavy atom. The first-order valence-electron chi connectivity index (χ1n) is 5.28. The molecule has 0 bridgehead atoms. The predicted molar refractivity (Wildman–Crippen MR) is 58.9 cm³/mol. The molecule has 0 spiro atoms. The van der Waals surface area contributed by atoms with Gasteiger partial charge in [0.1, 0.15) is 0 Å². The average molecular weight is 221 g/mol. The number of aryl methyl sites for hydroxylation is 2. The van der Waals surface area contributed by atoms with Crippen molar-refractivity contribution in [3.63, 3.8) is 0 Å². The Hall–Kier alpha value is -1.69. The average Bonchev–Trinajstić information content (AvgIpc) is 2.87. The number of aromatic amines is 1. The first-order chi connectivity index (χ1) is 7.81. The van der Waals surface area contributed by atoms with Crippen LogP contribution in [0.3, 0.4) is 0 Å². The van der Waals surface area contributed by atoms with E-state index in [0.717, 1.165) is 30.6 Å².